The number of alkyl halides is 1. The summed E-state index contributed by atoms with van der Waals surface area (Å²) in [6.45, 7) is 1.39. The number of anilines is 4. The van der Waals surface area contributed by atoms with Crippen molar-refractivity contribution < 1.29 is 33.5 Å². The summed E-state index contributed by atoms with van der Waals surface area (Å²) in [7, 11) is 0. The third-order valence-corrected chi connectivity index (χ3v) is 8.94. The Morgan fingerprint density at radius 3 is 2.52 bits per heavy atom. The van der Waals surface area contributed by atoms with Gasteiger partial charge in [-0.15, -0.1) is 24.0 Å². The van der Waals surface area contributed by atoms with Crippen molar-refractivity contribution >= 4 is 87.4 Å². The van der Waals surface area contributed by atoms with E-state index in [-0.39, 0.29) is 90.1 Å². The molecule has 0 fully saturated rings. The molecule has 4 heterocycles. The first-order chi connectivity index (χ1) is 25.6. The number of imidazole rings is 1. The van der Waals surface area contributed by atoms with Crippen molar-refractivity contribution in [3.63, 3.8) is 0 Å². The predicted molar refractivity (Wildman–Crippen MR) is 206 cm³/mol. The lowest BCUT2D eigenvalue weighted by Crippen LogP contribution is -2.29. The second-order valence-corrected chi connectivity index (χ2v) is 12.8. The van der Waals surface area contributed by atoms with Crippen molar-refractivity contribution in [3.05, 3.63) is 83.8 Å². The number of furan rings is 1. The number of rotatable bonds is 15. The lowest BCUT2D eigenvalue weighted by atomic mass is 10.0. The Balaban J connectivity index is 0.00000561. The molecule has 2 aromatic carbocycles. The number of aromatic amines is 2. The maximum absolute atomic E-state index is 13.4. The fourth-order valence-corrected chi connectivity index (χ4v) is 6.18. The summed E-state index contributed by atoms with van der Waals surface area (Å²) in [4.78, 5) is 74.6. The maximum Gasteiger partial charge on any atom is 0.294 e. The zero-order chi connectivity index (χ0) is 37.5. The third kappa shape index (κ3) is 9.38. The molecule has 18 heteroatoms. The molecular formula is C36H39Cl2N9O7. The Kier molecular flexibility index (Phi) is 13.0. The van der Waals surface area contributed by atoms with Gasteiger partial charge in [-0.2, -0.15) is 0 Å². The molecule has 0 aliphatic carbocycles. The number of nitrogens with zero attached hydrogens (tertiary/aromatic N) is 2. The van der Waals surface area contributed by atoms with Crippen LogP contribution in [0.5, 0.6) is 5.75 Å². The molecule has 0 saturated heterocycles. The number of carbonyl (C=O) groups excluding carboxylic acids is 5. The highest BCUT2D eigenvalue weighted by molar-refractivity contribution is 6.19. The second-order valence-electron chi connectivity index (χ2n) is 12.5. The molecule has 1 unspecified atom stereocenters. The standard InChI is InChI=1S/C36H38ClN9O7.ClH/c37-16-21-19-46(27-15-24(47)7-8-25(21)27)36(52)29-13-20-12-22(6-9-28(20)53-29)42-31(48)4-3-5-32(49)44-30-18-41-33(45-30)35(51)43-23-14-26(40-17-23)34(50)39-11-2-1-10-38;/h6-9,12-15,17-18,21,40,47H,1-5,10-11,16,19,38H2,(H,39,50)(H,41,45)(H,42,48)(H,43,51)(H,44,49);1H. The van der Waals surface area contributed by atoms with Crippen molar-refractivity contribution in [2.75, 3.05) is 46.4 Å². The van der Waals surface area contributed by atoms with Gasteiger partial charge >= 0.3 is 0 Å². The average Bonchev–Trinajstić information content (AvgIpc) is 3.95. The maximum atomic E-state index is 13.4. The minimum atomic E-state index is -0.577. The van der Waals surface area contributed by atoms with E-state index >= 15 is 0 Å². The number of halogens is 2. The van der Waals surface area contributed by atoms with E-state index in [4.69, 9.17) is 21.8 Å². The summed E-state index contributed by atoms with van der Waals surface area (Å²) in [6, 6.07) is 13.0. The van der Waals surface area contributed by atoms with Gasteiger partial charge in [-0.25, -0.2) is 4.98 Å². The van der Waals surface area contributed by atoms with E-state index in [1.54, 1.807) is 36.4 Å². The van der Waals surface area contributed by atoms with Crippen LogP contribution in [0.4, 0.5) is 22.9 Å². The number of phenols is 1. The summed E-state index contributed by atoms with van der Waals surface area (Å²) in [6.07, 6.45) is 4.68. The molecule has 284 valence electrons. The van der Waals surface area contributed by atoms with Gasteiger partial charge in [0.05, 0.1) is 17.6 Å². The number of carbonyl (C=O) groups is 5. The number of aromatic nitrogens is 3. The quantitative estimate of drug-likeness (QED) is 0.0522. The molecule has 1 atom stereocenters. The third-order valence-electron chi connectivity index (χ3n) is 8.56. The molecule has 5 aromatic rings. The second kappa shape index (κ2) is 17.8. The molecule has 1 aliphatic rings. The van der Waals surface area contributed by atoms with Crippen LogP contribution in [-0.4, -0.2) is 75.1 Å². The van der Waals surface area contributed by atoms with Crippen LogP contribution in [0.15, 0.2) is 65.3 Å². The summed E-state index contributed by atoms with van der Waals surface area (Å²) < 4.78 is 5.83. The van der Waals surface area contributed by atoms with E-state index < -0.39 is 5.91 Å². The first kappa shape index (κ1) is 39.4. The van der Waals surface area contributed by atoms with Crippen molar-refractivity contribution in [3.8, 4) is 5.75 Å². The number of H-pyrrole nitrogens is 2. The van der Waals surface area contributed by atoms with Gasteiger partial charge in [-0.05, 0) is 67.8 Å². The Morgan fingerprint density at radius 1 is 0.944 bits per heavy atom. The Morgan fingerprint density at radius 2 is 1.74 bits per heavy atom. The number of aromatic hydroxyl groups is 1. The average molecular weight is 781 g/mol. The molecule has 3 aromatic heterocycles. The van der Waals surface area contributed by atoms with Gasteiger partial charge in [0.2, 0.25) is 11.8 Å². The monoisotopic (exact) mass is 779 g/mol. The van der Waals surface area contributed by atoms with E-state index in [9.17, 15) is 29.1 Å². The summed E-state index contributed by atoms with van der Waals surface area (Å²) in [5.74, 6) is -1.41. The molecule has 0 bridgehead atoms. The Hall–Kier alpha value is -5.84. The minimum Gasteiger partial charge on any atom is -0.508 e. The molecule has 16 nitrogen and oxygen atoms in total. The normalized spacial score (nSPS) is 13.2. The number of amides is 5. The molecule has 54 heavy (non-hydrogen) atoms. The zero-order valence-corrected chi connectivity index (χ0v) is 30.4. The fraction of sp³-hybridized carbons (Fsp3) is 0.278. The highest BCUT2D eigenvalue weighted by Crippen LogP contribution is 2.40. The summed E-state index contributed by atoms with van der Waals surface area (Å²) in [5.41, 5.74) is 8.51. The number of hydrogen-bond acceptors (Lipinski definition) is 9. The summed E-state index contributed by atoms with van der Waals surface area (Å²) in [5, 5.41) is 21.4. The van der Waals surface area contributed by atoms with Gasteiger partial charge in [-0.3, -0.25) is 24.0 Å². The first-order valence-corrected chi connectivity index (χ1v) is 17.5. The van der Waals surface area contributed by atoms with Crippen molar-refractivity contribution in [2.45, 2.75) is 38.0 Å². The van der Waals surface area contributed by atoms with Crippen LogP contribution < -0.4 is 31.9 Å². The number of unbranched alkanes of at least 4 members (excludes halogenated alkanes) is 1. The van der Waals surface area contributed by atoms with E-state index in [0.717, 1.165) is 18.4 Å². The van der Waals surface area contributed by atoms with Crippen molar-refractivity contribution in [1.29, 1.82) is 0 Å². The number of hydrogen-bond donors (Lipinski definition) is 8. The number of nitrogens with one attached hydrogen (secondary N) is 6. The zero-order valence-electron chi connectivity index (χ0n) is 28.9. The highest BCUT2D eigenvalue weighted by Gasteiger charge is 2.34. The lowest BCUT2D eigenvalue weighted by molar-refractivity contribution is -0.117. The Labute approximate surface area is 320 Å². The van der Waals surface area contributed by atoms with Crippen LogP contribution in [0.1, 0.15) is 75.2 Å². The summed E-state index contributed by atoms with van der Waals surface area (Å²) >= 11 is 6.14. The molecule has 5 amide bonds. The molecule has 0 saturated carbocycles. The van der Waals surface area contributed by atoms with E-state index in [1.165, 1.54) is 29.4 Å². The lowest BCUT2D eigenvalue weighted by Gasteiger charge is -2.16. The molecular weight excluding hydrogens is 741 g/mol. The number of phenolic OH excluding ortho intramolecular Hbond substituents is 1. The van der Waals surface area contributed by atoms with Crippen molar-refractivity contribution in [2.24, 2.45) is 5.73 Å². The Bertz CT molecular complexity index is 2160. The fourth-order valence-electron chi connectivity index (χ4n) is 5.91. The van der Waals surface area contributed by atoms with Crippen LogP contribution in [0.2, 0.25) is 0 Å². The first-order valence-electron chi connectivity index (χ1n) is 17.0. The molecule has 6 rings (SSSR count). The smallest absolute Gasteiger partial charge is 0.294 e. The van der Waals surface area contributed by atoms with E-state index in [2.05, 4.69) is 36.2 Å². The van der Waals surface area contributed by atoms with Gasteiger partial charge in [0.1, 0.15) is 22.8 Å². The number of benzene rings is 2. The van der Waals surface area contributed by atoms with Crippen LogP contribution in [0.25, 0.3) is 11.0 Å². The molecule has 1 aliphatic heterocycles. The number of nitrogens with two attached hydrogens (primary N) is 1. The van der Waals surface area contributed by atoms with E-state index in [1.807, 2.05) is 0 Å². The topological polar surface area (TPSA) is 241 Å². The van der Waals surface area contributed by atoms with E-state index in [0.29, 0.717) is 53.5 Å². The predicted octanol–water partition coefficient (Wildman–Crippen LogP) is 5.06. The molecule has 0 spiro atoms. The highest BCUT2D eigenvalue weighted by atomic mass is 35.5. The van der Waals surface area contributed by atoms with Gasteiger partial charge in [0.25, 0.3) is 17.7 Å². The molecule has 9 N–H and O–H groups in total. The van der Waals surface area contributed by atoms with Gasteiger partial charge in [-0.1, -0.05) is 6.07 Å². The van der Waals surface area contributed by atoms with Crippen LogP contribution >= 0.6 is 24.0 Å². The largest absolute Gasteiger partial charge is 0.508 e. The minimum absolute atomic E-state index is 0. The van der Waals surface area contributed by atoms with Crippen LogP contribution in [-0.2, 0) is 9.59 Å². The van der Waals surface area contributed by atoms with Crippen molar-refractivity contribution in [1.82, 2.24) is 20.3 Å². The SMILES string of the molecule is Cl.NCCCCNC(=O)c1cc(NC(=O)c2ncc(NC(=O)CCCC(=O)Nc3ccc4oc(C(=O)N5CC(CCl)c6ccc(O)cc65)cc4c3)[nH]2)c[nH]1. The molecule has 0 radical (unpaired) electrons. The van der Waals surface area contributed by atoms with Crippen LogP contribution in [0, 0.1) is 0 Å². The van der Waals surface area contributed by atoms with Crippen LogP contribution in [0.3, 0.4) is 0 Å². The van der Waals surface area contributed by atoms with Gasteiger partial charge in [0, 0.05) is 61.1 Å². The van der Waals surface area contributed by atoms with Gasteiger partial charge in [0.15, 0.2) is 11.6 Å². The van der Waals surface area contributed by atoms with Gasteiger partial charge < -0.3 is 51.4 Å². The number of fused-ring (bicyclic) bond motifs is 2.